The number of hydrogen-bond acceptors (Lipinski definition) is 6. The number of aliphatic hydroxyl groups is 2. The maximum Gasteiger partial charge on any atom is 0.171 e. The zero-order chi connectivity index (χ0) is 21.3. The van der Waals surface area contributed by atoms with Crippen LogP contribution in [0, 0.1) is 11.6 Å². The van der Waals surface area contributed by atoms with Crippen LogP contribution in [0.3, 0.4) is 0 Å². The van der Waals surface area contributed by atoms with Gasteiger partial charge >= 0.3 is 0 Å². The second-order valence-electron chi connectivity index (χ2n) is 7.81. The lowest BCUT2D eigenvalue weighted by molar-refractivity contribution is 0.00864. The second kappa shape index (κ2) is 8.75. The van der Waals surface area contributed by atoms with Gasteiger partial charge in [-0.15, -0.1) is 0 Å². The summed E-state index contributed by atoms with van der Waals surface area (Å²) >= 11 is 0. The van der Waals surface area contributed by atoms with Crippen molar-refractivity contribution in [2.45, 2.75) is 50.1 Å². The average molecular weight is 421 g/mol. The molecule has 2 aliphatic rings. The van der Waals surface area contributed by atoms with Crippen molar-refractivity contribution >= 4 is 0 Å². The third kappa shape index (κ3) is 4.35. The van der Waals surface area contributed by atoms with Gasteiger partial charge in [0.2, 0.25) is 0 Å². The number of aromatic hydroxyl groups is 1. The highest BCUT2D eigenvalue weighted by Gasteiger charge is 2.30. The molecule has 0 bridgehead atoms. The van der Waals surface area contributed by atoms with E-state index in [1.54, 1.807) is 6.07 Å². The van der Waals surface area contributed by atoms with Crippen LogP contribution in [-0.2, 0) is 12.8 Å². The van der Waals surface area contributed by atoms with E-state index in [4.69, 9.17) is 9.47 Å². The van der Waals surface area contributed by atoms with Gasteiger partial charge in [-0.25, -0.2) is 8.78 Å². The predicted molar refractivity (Wildman–Crippen MR) is 105 cm³/mol. The Morgan fingerprint density at radius 1 is 0.933 bits per heavy atom. The van der Waals surface area contributed by atoms with Crippen LogP contribution in [0.5, 0.6) is 17.2 Å². The Morgan fingerprint density at radius 3 is 2.30 bits per heavy atom. The molecule has 30 heavy (non-hydrogen) atoms. The highest BCUT2D eigenvalue weighted by atomic mass is 19.1. The van der Waals surface area contributed by atoms with Crippen molar-refractivity contribution in [1.82, 2.24) is 5.32 Å². The Labute approximate surface area is 173 Å². The molecule has 2 aromatic rings. The first kappa shape index (κ1) is 20.8. The first-order valence-corrected chi connectivity index (χ1v) is 10.1. The van der Waals surface area contributed by atoms with Gasteiger partial charge in [0.1, 0.15) is 41.7 Å². The second-order valence-corrected chi connectivity index (χ2v) is 7.81. The number of rotatable bonds is 6. The third-order valence-electron chi connectivity index (χ3n) is 5.70. The lowest BCUT2D eigenvalue weighted by atomic mass is 9.97. The zero-order valence-electron chi connectivity index (χ0n) is 16.4. The van der Waals surface area contributed by atoms with Crippen molar-refractivity contribution < 1.29 is 33.6 Å². The summed E-state index contributed by atoms with van der Waals surface area (Å²) in [5.74, 6) is -0.493. The molecule has 2 heterocycles. The molecular weight excluding hydrogens is 396 g/mol. The fraction of sp³-hybridized carbons (Fsp3) is 0.455. The number of fused-ring (bicyclic) bond motifs is 2. The molecule has 0 aliphatic carbocycles. The summed E-state index contributed by atoms with van der Waals surface area (Å²) in [7, 11) is 0. The number of aryl methyl sites for hydroxylation is 1. The van der Waals surface area contributed by atoms with Crippen molar-refractivity contribution in [2.24, 2.45) is 0 Å². The van der Waals surface area contributed by atoms with Crippen LogP contribution in [0.2, 0.25) is 0 Å². The summed E-state index contributed by atoms with van der Waals surface area (Å²) in [6.07, 6.45) is -0.603. The number of hydrogen-bond donors (Lipinski definition) is 4. The van der Waals surface area contributed by atoms with E-state index in [1.165, 1.54) is 24.3 Å². The molecule has 0 amide bonds. The molecule has 8 heteroatoms. The van der Waals surface area contributed by atoms with E-state index < -0.39 is 36.0 Å². The normalized spacial score (nSPS) is 22.3. The summed E-state index contributed by atoms with van der Waals surface area (Å²) in [4.78, 5) is 0. The Hall–Kier alpha value is -2.42. The fourth-order valence-electron chi connectivity index (χ4n) is 4.01. The molecule has 2 aliphatic heterocycles. The smallest absolute Gasteiger partial charge is 0.171 e. The minimum atomic E-state index is -0.849. The van der Waals surface area contributed by atoms with Gasteiger partial charge in [-0.3, -0.25) is 0 Å². The molecule has 0 aromatic heterocycles. The van der Waals surface area contributed by atoms with Crippen molar-refractivity contribution in [3.8, 4) is 17.2 Å². The topological polar surface area (TPSA) is 91.2 Å². The lowest BCUT2D eigenvalue weighted by Crippen LogP contribution is -2.46. The molecule has 4 atom stereocenters. The monoisotopic (exact) mass is 421 g/mol. The van der Waals surface area contributed by atoms with E-state index >= 15 is 0 Å². The Balaban J connectivity index is 1.25. The molecule has 0 saturated heterocycles. The quantitative estimate of drug-likeness (QED) is 0.571. The minimum absolute atomic E-state index is 0.187. The Kier molecular flexibility index (Phi) is 6.08. The number of phenols is 1. The van der Waals surface area contributed by atoms with Gasteiger partial charge < -0.3 is 30.1 Å². The van der Waals surface area contributed by atoms with E-state index in [0.717, 1.165) is 5.56 Å². The number of halogens is 2. The van der Waals surface area contributed by atoms with Crippen LogP contribution in [0.4, 0.5) is 8.78 Å². The highest BCUT2D eigenvalue weighted by Crippen LogP contribution is 2.34. The largest absolute Gasteiger partial charge is 0.505 e. The molecule has 4 N–H and O–H groups in total. The first-order chi connectivity index (χ1) is 14.4. The molecule has 6 nitrogen and oxygen atoms in total. The van der Waals surface area contributed by atoms with Crippen molar-refractivity contribution in [3.05, 3.63) is 53.1 Å². The number of phenolic OH excluding ortho intramolecular Hbond substituents is 1. The average Bonchev–Trinajstić information content (AvgIpc) is 2.75. The van der Waals surface area contributed by atoms with Crippen LogP contribution in [-0.4, -0.2) is 52.8 Å². The van der Waals surface area contributed by atoms with Gasteiger partial charge in [-0.2, -0.15) is 0 Å². The summed E-state index contributed by atoms with van der Waals surface area (Å²) in [6, 6.07) is 7.07. The van der Waals surface area contributed by atoms with Crippen molar-refractivity contribution in [1.29, 1.82) is 0 Å². The van der Waals surface area contributed by atoms with Gasteiger partial charge in [0.15, 0.2) is 11.6 Å². The Morgan fingerprint density at radius 2 is 1.57 bits per heavy atom. The molecular formula is C22H25F2NO5. The molecule has 0 unspecified atom stereocenters. The number of benzene rings is 2. The molecule has 0 fully saturated rings. The number of aliphatic hydroxyl groups excluding tert-OH is 2. The third-order valence-corrected chi connectivity index (χ3v) is 5.70. The van der Waals surface area contributed by atoms with Crippen molar-refractivity contribution in [2.75, 3.05) is 13.1 Å². The molecule has 2 aromatic carbocycles. The summed E-state index contributed by atoms with van der Waals surface area (Å²) < 4.78 is 38.7. The van der Waals surface area contributed by atoms with E-state index in [-0.39, 0.29) is 18.9 Å². The van der Waals surface area contributed by atoms with Crippen LogP contribution in [0.15, 0.2) is 30.3 Å². The minimum Gasteiger partial charge on any atom is -0.505 e. The zero-order valence-corrected chi connectivity index (χ0v) is 16.4. The van der Waals surface area contributed by atoms with Crippen LogP contribution in [0.25, 0.3) is 0 Å². The van der Waals surface area contributed by atoms with Crippen LogP contribution < -0.4 is 14.8 Å². The van der Waals surface area contributed by atoms with Gasteiger partial charge in [0.25, 0.3) is 0 Å². The summed E-state index contributed by atoms with van der Waals surface area (Å²) in [5.41, 5.74) is 1.11. The summed E-state index contributed by atoms with van der Waals surface area (Å²) in [6.45, 7) is 0.399. The lowest BCUT2D eigenvalue weighted by Gasteiger charge is -2.31. The maximum atomic E-state index is 13.9. The summed E-state index contributed by atoms with van der Waals surface area (Å²) in [5, 5.41) is 33.3. The van der Waals surface area contributed by atoms with E-state index in [9.17, 15) is 24.1 Å². The molecule has 0 spiro atoms. The van der Waals surface area contributed by atoms with Gasteiger partial charge in [0, 0.05) is 18.7 Å². The predicted octanol–water partition coefficient (Wildman–Crippen LogP) is 2.07. The number of ether oxygens (including phenoxy) is 2. The van der Waals surface area contributed by atoms with Gasteiger partial charge in [-0.1, -0.05) is 0 Å². The maximum absolute atomic E-state index is 13.9. The van der Waals surface area contributed by atoms with E-state index in [1.807, 2.05) is 0 Å². The van der Waals surface area contributed by atoms with E-state index in [0.29, 0.717) is 42.7 Å². The molecule has 162 valence electrons. The SMILES string of the molecule is Oc1ccc2c(c1F)CC[C@H]([C@@H](O)CNC[C@H](O)[C@@H]1CCc3cc(F)ccc3O1)O2. The standard InChI is InChI=1S/C22H25F2NO5/c23-13-2-6-18-12(9-13)1-5-20(29-18)16(27)10-25-11-17(28)21-7-3-14-19(30-21)8-4-15(26)22(14)24/h2,4,6,8-9,16-17,20-21,25-28H,1,3,5,7,10-11H2/t16-,17-,20-,21+/m0/s1. The van der Waals surface area contributed by atoms with E-state index in [2.05, 4.69) is 5.32 Å². The number of nitrogens with one attached hydrogen (secondary N) is 1. The highest BCUT2D eigenvalue weighted by molar-refractivity contribution is 5.42. The fourth-order valence-corrected chi connectivity index (χ4v) is 4.01. The molecule has 4 rings (SSSR count). The molecule has 0 saturated carbocycles. The Bertz CT molecular complexity index is 909. The van der Waals surface area contributed by atoms with Crippen molar-refractivity contribution in [3.63, 3.8) is 0 Å². The molecule has 0 radical (unpaired) electrons. The van der Waals surface area contributed by atoms with Gasteiger partial charge in [-0.05, 0) is 61.6 Å². The first-order valence-electron chi connectivity index (χ1n) is 10.1. The van der Waals surface area contributed by atoms with Crippen LogP contribution in [0.1, 0.15) is 24.0 Å². The van der Waals surface area contributed by atoms with Crippen LogP contribution >= 0.6 is 0 Å². The van der Waals surface area contributed by atoms with Gasteiger partial charge in [0.05, 0.1) is 0 Å².